The van der Waals surface area contributed by atoms with Gasteiger partial charge in [-0.3, -0.25) is 4.79 Å². The Kier molecular flexibility index (Phi) is 17.7. The SMILES string of the molecule is CCC#CCNC(=O)CCOCCOCCOC(C)(C)SSCCNC. The zero-order valence-electron chi connectivity index (χ0n) is 16.5. The lowest BCUT2D eigenvalue weighted by molar-refractivity contribution is -0.122. The molecule has 26 heavy (non-hydrogen) atoms. The average molecular weight is 407 g/mol. The van der Waals surface area contributed by atoms with Crippen LogP contribution in [0, 0.1) is 11.8 Å². The van der Waals surface area contributed by atoms with Crippen molar-refractivity contribution in [2.45, 2.75) is 38.5 Å². The van der Waals surface area contributed by atoms with Crippen molar-refractivity contribution in [2.24, 2.45) is 0 Å². The Morgan fingerprint density at radius 1 is 1.08 bits per heavy atom. The minimum absolute atomic E-state index is 0.0444. The Bertz CT molecular complexity index is 412. The van der Waals surface area contributed by atoms with Crippen LogP contribution in [-0.4, -0.2) is 69.8 Å². The van der Waals surface area contributed by atoms with Crippen LogP contribution in [0.15, 0.2) is 0 Å². The summed E-state index contributed by atoms with van der Waals surface area (Å²) in [6.07, 6.45) is 1.14. The Morgan fingerprint density at radius 2 is 1.77 bits per heavy atom. The third-order valence-corrected chi connectivity index (χ3v) is 5.96. The van der Waals surface area contributed by atoms with E-state index >= 15 is 0 Å². The van der Waals surface area contributed by atoms with E-state index < -0.39 is 0 Å². The average Bonchev–Trinajstić information content (AvgIpc) is 2.61. The molecule has 0 atom stereocenters. The van der Waals surface area contributed by atoms with Crippen molar-refractivity contribution < 1.29 is 19.0 Å². The quantitative estimate of drug-likeness (QED) is 0.176. The Morgan fingerprint density at radius 3 is 2.46 bits per heavy atom. The highest BCUT2D eigenvalue weighted by atomic mass is 33.1. The first-order valence-corrected chi connectivity index (χ1v) is 11.3. The van der Waals surface area contributed by atoms with Crippen LogP contribution in [0.4, 0.5) is 0 Å². The summed E-state index contributed by atoms with van der Waals surface area (Å²) in [6.45, 7) is 9.93. The monoisotopic (exact) mass is 406 g/mol. The second-order valence-corrected chi connectivity index (χ2v) is 8.72. The number of ether oxygens (including phenoxy) is 3. The van der Waals surface area contributed by atoms with E-state index in [1.54, 1.807) is 21.6 Å². The van der Waals surface area contributed by atoms with E-state index in [-0.39, 0.29) is 10.8 Å². The van der Waals surface area contributed by atoms with Crippen molar-refractivity contribution in [3.63, 3.8) is 0 Å². The number of hydrogen-bond donors (Lipinski definition) is 2. The Labute approximate surface area is 166 Å². The Balaban J connectivity index is 3.41. The normalized spacial score (nSPS) is 11.1. The maximum Gasteiger partial charge on any atom is 0.223 e. The smallest absolute Gasteiger partial charge is 0.223 e. The molecule has 0 aliphatic rings. The van der Waals surface area contributed by atoms with Gasteiger partial charge in [-0.05, 0) is 20.9 Å². The predicted molar refractivity (Wildman–Crippen MR) is 111 cm³/mol. The van der Waals surface area contributed by atoms with Crippen LogP contribution in [-0.2, 0) is 19.0 Å². The molecular weight excluding hydrogens is 372 g/mol. The highest BCUT2D eigenvalue weighted by molar-refractivity contribution is 8.77. The highest BCUT2D eigenvalue weighted by Crippen LogP contribution is 2.35. The first-order valence-electron chi connectivity index (χ1n) is 8.99. The van der Waals surface area contributed by atoms with Gasteiger partial charge in [-0.1, -0.05) is 34.4 Å². The van der Waals surface area contributed by atoms with Crippen LogP contribution in [0.5, 0.6) is 0 Å². The number of rotatable bonds is 16. The van der Waals surface area contributed by atoms with E-state index in [0.717, 1.165) is 18.7 Å². The fourth-order valence-corrected chi connectivity index (χ4v) is 3.89. The van der Waals surface area contributed by atoms with Crippen molar-refractivity contribution in [1.82, 2.24) is 10.6 Å². The van der Waals surface area contributed by atoms with E-state index in [1.807, 2.05) is 14.0 Å². The van der Waals surface area contributed by atoms with Gasteiger partial charge in [0.15, 0.2) is 0 Å². The fourth-order valence-electron chi connectivity index (χ4n) is 1.60. The highest BCUT2D eigenvalue weighted by Gasteiger charge is 2.19. The van der Waals surface area contributed by atoms with Crippen molar-refractivity contribution in [3.05, 3.63) is 0 Å². The lowest BCUT2D eigenvalue weighted by Gasteiger charge is -2.23. The molecular formula is C18H34N2O4S2. The summed E-state index contributed by atoms with van der Waals surface area (Å²) in [7, 11) is 5.48. The van der Waals surface area contributed by atoms with Gasteiger partial charge in [0.25, 0.3) is 0 Å². The lowest BCUT2D eigenvalue weighted by atomic mass is 10.4. The van der Waals surface area contributed by atoms with Gasteiger partial charge in [0.05, 0.1) is 39.6 Å². The van der Waals surface area contributed by atoms with Crippen molar-refractivity contribution in [2.75, 3.05) is 58.9 Å². The molecule has 0 bridgehead atoms. The molecule has 0 aromatic carbocycles. The van der Waals surface area contributed by atoms with E-state index in [2.05, 4.69) is 36.3 Å². The largest absolute Gasteiger partial charge is 0.379 e. The molecule has 0 rings (SSSR count). The number of hydrogen-bond acceptors (Lipinski definition) is 7. The van der Waals surface area contributed by atoms with Crippen LogP contribution in [0.2, 0.25) is 0 Å². The van der Waals surface area contributed by atoms with Crippen LogP contribution >= 0.6 is 21.6 Å². The summed E-state index contributed by atoms with van der Waals surface area (Å²) in [5.74, 6) is 6.77. The van der Waals surface area contributed by atoms with Crippen molar-refractivity contribution in [1.29, 1.82) is 0 Å². The van der Waals surface area contributed by atoms with Gasteiger partial charge in [0, 0.05) is 25.1 Å². The van der Waals surface area contributed by atoms with Crippen LogP contribution < -0.4 is 10.6 Å². The molecule has 8 heteroatoms. The fraction of sp³-hybridized carbons (Fsp3) is 0.833. The molecule has 0 aromatic rings. The second-order valence-electron chi connectivity index (χ2n) is 5.72. The standard InChI is InChI=1S/C18H34N2O4S2/c1-5-6-7-9-20-17(21)8-11-22-12-13-23-14-15-24-18(2,3)26-25-16-10-19-4/h19H,5,8-16H2,1-4H3,(H,20,21). The van der Waals surface area contributed by atoms with E-state index in [4.69, 9.17) is 14.2 Å². The van der Waals surface area contributed by atoms with Crippen LogP contribution in [0.1, 0.15) is 33.6 Å². The summed E-state index contributed by atoms with van der Waals surface area (Å²) in [4.78, 5) is 11.2. The lowest BCUT2D eigenvalue weighted by Crippen LogP contribution is -2.25. The molecule has 0 saturated heterocycles. The van der Waals surface area contributed by atoms with Crippen LogP contribution in [0.25, 0.3) is 0 Å². The molecule has 0 heterocycles. The van der Waals surface area contributed by atoms with Gasteiger partial charge >= 0.3 is 0 Å². The molecule has 0 spiro atoms. The summed E-state index contributed by atoms with van der Waals surface area (Å²) < 4.78 is 16.7. The van der Waals surface area contributed by atoms with Crippen molar-refractivity contribution >= 4 is 27.5 Å². The van der Waals surface area contributed by atoms with Gasteiger partial charge in [0.1, 0.15) is 4.93 Å². The summed E-state index contributed by atoms with van der Waals surface area (Å²) in [6, 6.07) is 0. The first kappa shape index (κ1) is 25.6. The molecule has 0 unspecified atom stereocenters. The number of amides is 1. The first-order chi connectivity index (χ1) is 12.5. The topological polar surface area (TPSA) is 68.8 Å². The number of carbonyl (C=O) groups excluding carboxylic acids is 1. The van der Waals surface area contributed by atoms with Gasteiger partial charge in [-0.25, -0.2) is 0 Å². The molecule has 152 valence electrons. The van der Waals surface area contributed by atoms with Gasteiger partial charge in [-0.15, -0.1) is 5.92 Å². The minimum atomic E-state index is -0.229. The van der Waals surface area contributed by atoms with Crippen molar-refractivity contribution in [3.8, 4) is 11.8 Å². The molecule has 2 N–H and O–H groups in total. The molecule has 0 aliphatic heterocycles. The molecule has 0 aliphatic carbocycles. The second kappa shape index (κ2) is 18.0. The molecule has 1 amide bonds. The van der Waals surface area contributed by atoms with Gasteiger partial charge in [-0.2, -0.15) is 0 Å². The molecule has 0 aromatic heterocycles. The minimum Gasteiger partial charge on any atom is -0.379 e. The molecule has 6 nitrogen and oxygen atoms in total. The van der Waals surface area contributed by atoms with E-state index in [9.17, 15) is 4.79 Å². The maximum absolute atomic E-state index is 11.5. The van der Waals surface area contributed by atoms with Gasteiger partial charge in [0.2, 0.25) is 5.91 Å². The Hall–Kier alpha value is -0.430. The van der Waals surface area contributed by atoms with E-state index in [1.165, 1.54) is 0 Å². The summed E-state index contributed by atoms with van der Waals surface area (Å²) >= 11 is 0. The maximum atomic E-state index is 11.5. The van der Waals surface area contributed by atoms with Gasteiger partial charge < -0.3 is 24.8 Å². The molecule has 0 radical (unpaired) electrons. The zero-order valence-corrected chi connectivity index (χ0v) is 18.2. The third kappa shape index (κ3) is 18.4. The van der Waals surface area contributed by atoms with E-state index in [0.29, 0.717) is 46.0 Å². The number of carbonyl (C=O) groups is 1. The molecule has 0 fully saturated rings. The zero-order chi connectivity index (χ0) is 19.5. The predicted octanol–water partition coefficient (Wildman–Crippen LogP) is 2.29. The summed E-state index contributed by atoms with van der Waals surface area (Å²) in [5, 5.41) is 5.84. The summed E-state index contributed by atoms with van der Waals surface area (Å²) in [5.41, 5.74) is 0. The third-order valence-electron chi connectivity index (χ3n) is 2.89. The molecule has 0 saturated carbocycles. The number of nitrogens with one attached hydrogen (secondary N) is 2. The van der Waals surface area contributed by atoms with Crippen LogP contribution in [0.3, 0.4) is 0 Å².